The van der Waals surface area contributed by atoms with Gasteiger partial charge in [0.15, 0.2) is 0 Å². The molecule has 4 aliphatic carbocycles. The van der Waals surface area contributed by atoms with Crippen molar-refractivity contribution in [2.75, 3.05) is 6.54 Å². The smallest absolute Gasteiger partial charge is 0.287 e. The summed E-state index contributed by atoms with van der Waals surface area (Å²) in [5.74, 6) is -3.31. The number of nitrogens with one attached hydrogen (secondary N) is 3. The predicted molar refractivity (Wildman–Crippen MR) is 193 cm³/mol. The Morgan fingerprint density at radius 1 is 0.824 bits per heavy atom. The van der Waals surface area contributed by atoms with E-state index < -0.39 is 58.6 Å². The molecule has 5 amide bonds. The van der Waals surface area contributed by atoms with Gasteiger partial charge in [0, 0.05) is 23.9 Å². The summed E-state index contributed by atoms with van der Waals surface area (Å²) in [5, 5.41) is 8.91. The molecule has 7 N–H and O–H groups in total. The van der Waals surface area contributed by atoms with Gasteiger partial charge in [-0.3, -0.25) is 28.8 Å². The van der Waals surface area contributed by atoms with Crippen LogP contribution in [0, 0.1) is 33.5 Å². The molecular formula is C39H64N6O6. The zero-order valence-corrected chi connectivity index (χ0v) is 32.1. The number of fused-ring (bicyclic) bond motifs is 1. The second-order valence-corrected chi connectivity index (χ2v) is 19.1. The molecular weight excluding hydrogens is 648 g/mol. The number of carbonyl (C=O) groups is 6. The van der Waals surface area contributed by atoms with E-state index in [1.807, 2.05) is 20.8 Å². The van der Waals surface area contributed by atoms with Crippen LogP contribution < -0.4 is 27.4 Å². The molecule has 5 rings (SSSR count). The second-order valence-electron chi connectivity index (χ2n) is 19.1. The zero-order valence-electron chi connectivity index (χ0n) is 32.1. The van der Waals surface area contributed by atoms with Crippen LogP contribution in [0.25, 0.3) is 0 Å². The molecule has 2 spiro atoms. The van der Waals surface area contributed by atoms with E-state index in [2.05, 4.69) is 29.8 Å². The lowest BCUT2D eigenvalue weighted by Gasteiger charge is -2.38. The highest BCUT2D eigenvalue weighted by molar-refractivity contribution is 6.37. The third-order valence-electron chi connectivity index (χ3n) is 13.8. The lowest BCUT2D eigenvalue weighted by atomic mass is 9.73. The predicted octanol–water partition coefficient (Wildman–Crippen LogP) is 3.24. The molecule has 0 aromatic heterocycles. The molecule has 1 saturated heterocycles. The zero-order chi connectivity index (χ0) is 37.7. The third kappa shape index (κ3) is 7.45. The number of amides is 5. The molecule has 51 heavy (non-hydrogen) atoms. The Morgan fingerprint density at radius 3 is 1.92 bits per heavy atom. The van der Waals surface area contributed by atoms with Gasteiger partial charge in [-0.05, 0) is 80.5 Å². The minimum Gasteiger partial charge on any atom is -0.363 e. The van der Waals surface area contributed by atoms with Gasteiger partial charge in [-0.1, -0.05) is 79.6 Å². The van der Waals surface area contributed by atoms with Gasteiger partial charge in [-0.2, -0.15) is 0 Å². The molecule has 1 aliphatic heterocycles. The van der Waals surface area contributed by atoms with E-state index in [0.29, 0.717) is 19.4 Å². The molecule has 0 radical (unpaired) electrons. The number of nitrogens with zero attached hydrogens (tertiary/aromatic N) is 1. The van der Waals surface area contributed by atoms with Crippen LogP contribution in [0.2, 0.25) is 0 Å². The average molecular weight is 713 g/mol. The van der Waals surface area contributed by atoms with Gasteiger partial charge in [-0.15, -0.1) is 0 Å². The number of ketones is 1. The standard InChI is InChI=1S/C39H64N6O6/c1-35(2,3)30(44-33(50)28(24-15-9-8-10-16-24)43-27(46)21-36(4,5)41)34(51)45-22-39(37(6,7)38(39)17-12-18-38)20-26(45)32(49)42-25(29(47)31(40)48)19-23-13-11-14-23/h23-26,28,30H,8-22,41H2,1-7H3,(H2,40,48)(H,42,49)(H,43,46)(H,44,50)/t25?,26-,28?,30+,39+/m0/s1. The quantitative estimate of drug-likeness (QED) is 0.181. The monoisotopic (exact) mass is 712 g/mol. The fourth-order valence-corrected chi connectivity index (χ4v) is 10.3. The SMILES string of the molecule is CC(C)(N)CC(=O)NC(C(=O)N[C@H](C(=O)N1C[C@]2(C[C@H]1C(=O)NC(CC1CCC1)C(=O)C(N)=O)C(C)(C)C21CCC1)C(C)(C)C)C1CCCCC1. The summed E-state index contributed by atoms with van der Waals surface area (Å²) >= 11 is 0. The first-order valence-corrected chi connectivity index (χ1v) is 19.5. The first-order valence-electron chi connectivity index (χ1n) is 19.5. The largest absolute Gasteiger partial charge is 0.363 e. The minimum absolute atomic E-state index is 0.0234. The van der Waals surface area contributed by atoms with E-state index in [9.17, 15) is 28.8 Å². The molecule has 5 atom stereocenters. The maximum absolute atomic E-state index is 14.9. The second kappa shape index (κ2) is 14.1. The van der Waals surface area contributed by atoms with Crippen molar-refractivity contribution in [2.24, 2.45) is 45.0 Å². The number of hydrogen-bond acceptors (Lipinski definition) is 7. The van der Waals surface area contributed by atoms with E-state index in [0.717, 1.165) is 70.6 Å². The Hall–Kier alpha value is -3.02. The van der Waals surface area contributed by atoms with Gasteiger partial charge in [0.1, 0.15) is 18.1 Å². The molecule has 1 heterocycles. The van der Waals surface area contributed by atoms with Crippen LogP contribution in [0.15, 0.2) is 0 Å². The number of rotatable bonds is 13. The molecule has 5 aliphatic rings. The van der Waals surface area contributed by atoms with Crippen LogP contribution in [0.4, 0.5) is 0 Å². The van der Waals surface area contributed by atoms with Crippen molar-refractivity contribution in [1.82, 2.24) is 20.9 Å². The molecule has 0 bridgehead atoms. The van der Waals surface area contributed by atoms with Crippen LogP contribution in [0.5, 0.6) is 0 Å². The molecule has 12 heteroatoms. The van der Waals surface area contributed by atoms with Crippen LogP contribution in [0.1, 0.15) is 138 Å². The van der Waals surface area contributed by atoms with E-state index in [1.165, 1.54) is 0 Å². The van der Waals surface area contributed by atoms with Crippen LogP contribution in [-0.2, 0) is 28.8 Å². The summed E-state index contributed by atoms with van der Waals surface area (Å²) in [5.41, 5.74) is 9.70. The molecule has 286 valence electrons. The lowest BCUT2D eigenvalue weighted by molar-refractivity contribution is -0.145. The molecule has 0 aromatic carbocycles. The summed E-state index contributed by atoms with van der Waals surface area (Å²) in [4.78, 5) is 83.3. The molecule has 0 aromatic rings. The Balaban J connectivity index is 1.43. The van der Waals surface area contributed by atoms with Crippen molar-refractivity contribution in [3.8, 4) is 0 Å². The highest BCUT2D eigenvalue weighted by Crippen LogP contribution is 2.88. The van der Waals surface area contributed by atoms with E-state index in [-0.39, 0.29) is 46.3 Å². The van der Waals surface area contributed by atoms with Crippen LogP contribution in [0.3, 0.4) is 0 Å². The highest BCUT2D eigenvalue weighted by Gasteiger charge is 2.85. The van der Waals surface area contributed by atoms with Crippen molar-refractivity contribution < 1.29 is 28.8 Å². The Bertz CT molecular complexity index is 1400. The van der Waals surface area contributed by atoms with E-state index in [4.69, 9.17) is 11.5 Å². The maximum Gasteiger partial charge on any atom is 0.287 e. The highest BCUT2D eigenvalue weighted by atomic mass is 16.2. The van der Waals surface area contributed by atoms with Gasteiger partial charge in [-0.25, -0.2) is 0 Å². The number of hydrogen-bond donors (Lipinski definition) is 5. The van der Waals surface area contributed by atoms with Crippen molar-refractivity contribution >= 4 is 35.3 Å². The number of carbonyl (C=O) groups excluding carboxylic acids is 6. The number of nitrogens with two attached hydrogens (primary N) is 2. The van der Waals surface area contributed by atoms with Crippen LogP contribution >= 0.6 is 0 Å². The Kier molecular flexibility index (Phi) is 10.8. The van der Waals surface area contributed by atoms with Crippen LogP contribution in [-0.4, -0.2) is 76.5 Å². The van der Waals surface area contributed by atoms with Crippen molar-refractivity contribution in [3.05, 3.63) is 0 Å². The maximum atomic E-state index is 14.9. The van der Waals surface area contributed by atoms with Gasteiger partial charge < -0.3 is 32.3 Å². The normalized spacial score (nSPS) is 27.5. The lowest BCUT2D eigenvalue weighted by Crippen LogP contribution is -2.62. The van der Waals surface area contributed by atoms with Gasteiger partial charge in [0.25, 0.3) is 5.91 Å². The average Bonchev–Trinajstić information content (AvgIpc) is 3.20. The minimum atomic E-state index is -1.09. The fraction of sp³-hybridized carbons (Fsp3) is 0.846. The summed E-state index contributed by atoms with van der Waals surface area (Å²) in [7, 11) is 0. The molecule has 5 fully saturated rings. The number of likely N-dealkylation sites (tertiary alicyclic amines) is 1. The molecule has 2 unspecified atom stereocenters. The summed E-state index contributed by atoms with van der Waals surface area (Å²) < 4.78 is 0. The van der Waals surface area contributed by atoms with E-state index in [1.54, 1.807) is 18.7 Å². The Labute approximate surface area is 304 Å². The third-order valence-corrected chi connectivity index (χ3v) is 13.8. The molecule has 4 saturated carbocycles. The topological polar surface area (TPSA) is 194 Å². The Morgan fingerprint density at radius 2 is 1.45 bits per heavy atom. The molecule has 12 nitrogen and oxygen atoms in total. The van der Waals surface area contributed by atoms with Crippen molar-refractivity contribution in [1.29, 1.82) is 0 Å². The fourth-order valence-electron chi connectivity index (χ4n) is 10.3. The summed E-state index contributed by atoms with van der Waals surface area (Å²) in [6, 6.07) is -3.75. The number of Topliss-reactive ketones (excluding diaryl/α,β-unsaturated/α-hetero) is 1. The van der Waals surface area contributed by atoms with Gasteiger partial charge in [0.2, 0.25) is 29.4 Å². The first-order chi connectivity index (χ1) is 23.6. The number of primary amides is 1. The van der Waals surface area contributed by atoms with Gasteiger partial charge in [0.05, 0.1) is 6.04 Å². The summed E-state index contributed by atoms with van der Waals surface area (Å²) in [6.45, 7) is 14.0. The first kappa shape index (κ1) is 39.2. The van der Waals surface area contributed by atoms with E-state index >= 15 is 0 Å². The van der Waals surface area contributed by atoms with Gasteiger partial charge >= 0.3 is 0 Å². The van der Waals surface area contributed by atoms with Crippen molar-refractivity contribution in [3.63, 3.8) is 0 Å². The summed E-state index contributed by atoms with van der Waals surface area (Å²) in [6.07, 6.45) is 11.4. The van der Waals surface area contributed by atoms with Crippen molar-refractivity contribution in [2.45, 2.75) is 168 Å².